The number of amides is 2. The second kappa shape index (κ2) is 9.37. The number of aromatic nitrogens is 1. The number of benzene rings is 1. The third-order valence-electron chi connectivity index (χ3n) is 4.05. The third-order valence-corrected chi connectivity index (χ3v) is 6.27. The highest BCUT2D eigenvalue weighted by Crippen LogP contribution is 2.35. The van der Waals surface area contributed by atoms with Gasteiger partial charge in [-0.1, -0.05) is 24.0 Å². The minimum atomic E-state index is -1.000. The molecule has 2 amide bonds. The first-order valence-corrected chi connectivity index (χ1v) is 10.8. The SMILES string of the molecule is COc1ccc(N(C(C)=O)c2nc(/C=C3/SC(=S)N(CCC(=O)O)C3=O)cs2)cc1. The van der Waals surface area contributed by atoms with E-state index in [-0.39, 0.29) is 24.8 Å². The molecule has 0 atom stereocenters. The van der Waals surface area contributed by atoms with Crippen LogP contribution in [0.2, 0.25) is 0 Å². The van der Waals surface area contributed by atoms with E-state index < -0.39 is 5.97 Å². The number of thiocarbonyl (C=S) groups is 1. The summed E-state index contributed by atoms with van der Waals surface area (Å²) in [5.74, 6) is -0.882. The van der Waals surface area contributed by atoms with Crippen molar-refractivity contribution in [3.8, 4) is 5.75 Å². The highest BCUT2D eigenvalue weighted by atomic mass is 32.2. The van der Waals surface area contributed by atoms with Crippen molar-refractivity contribution in [3.05, 3.63) is 40.2 Å². The van der Waals surface area contributed by atoms with Crippen molar-refractivity contribution in [1.29, 1.82) is 0 Å². The van der Waals surface area contributed by atoms with Crippen LogP contribution in [-0.4, -0.2) is 50.7 Å². The maximum absolute atomic E-state index is 12.5. The molecule has 2 heterocycles. The molecule has 0 unspecified atom stereocenters. The lowest BCUT2D eigenvalue weighted by atomic mass is 10.3. The zero-order chi connectivity index (χ0) is 21.8. The fraction of sp³-hybridized carbons (Fsp3) is 0.211. The number of carboxylic acids is 1. The number of ether oxygens (including phenoxy) is 1. The summed E-state index contributed by atoms with van der Waals surface area (Å²) in [6.07, 6.45) is 1.41. The highest BCUT2D eigenvalue weighted by Gasteiger charge is 2.32. The van der Waals surface area contributed by atoms with Crippen LogP contribution in [0.15, 0.2) is 34.6 Å². The number of thiazole rings is 1. The van der Waals surface area contributed by atoms with E-state index in [1.807, 2.05) is 0 Å². The Kier molecular flexibility index (Phi) is 6.85. The molecule has 0 aliphatic carbocycles. The van der Waals surface area contributed by atoms with Gasteiger partial charge in [0.2, 0.25) is 5.91 Å². The maximum atomic E-state index is 12.5. The molecule has 2 aromatic rings. The number of hydrogen-bond donors (Lipinski definition) is 1. The lowest BCUT2D eigenvalue weighted by molar-refractivity contribution is -0.137. The number of rotatable bonds is 7. The molecule has 0 bridgehead atoms. The molecule has 156 valence electrons. The van der Waals surface area contributed by atoms with Crippen LogP contribution in [0.25, 0.3) is 6.08 Å². The normalized spacial score (nSPS) is 15.0. The van der Waals surface area contributed by atoms with E-state index in [1.54, 1.807) is 42.8 Å². The molecule has 30 heavy (non-hydrogen) atoms. The van der Waals surface area contributed by atoms with Gasteiger partial charge in [0.1, 0.15) is 10.1 Å². The van der Waals surface area contributed by atoms with Crippen LogP contribution in [0.4, 0.5) is 10.8 Å². The van der Waals surface area contributed by atoms with Crippen LogP contribution >= 0.6 is 35.3 Å². The van der Waals surface area contributed by atoms with Crippen LogP contribution in [0, 0.1) is 0 Å². The van der Waals surface area contributed by atoms with Crippen LogP contribution in [0.5, 0.6) is 5.75 Å². The first-order valence-electron chi connectivity index (χ1n) is 8.67. The number of aliphatic carboxylic acids is 1. The molecule has 1 aliphatic heterocycles. The zero-order valence-corrected chi connectivity index (χ0v) is 18.5. The number of carbonyl (C=O) groups excluding carboxylic acids is 2. The Balaban J connectivity index is 1.82. The predicted molar refractivity (Wildman–Crippen MR) is 120 cm³/mol. The summed E-state index contributed by atoms with van der Waals surface area (Å²) in [4.78, 5) is 43.1. The molecule has 0 spiro atoms. The van der Waals surface area contributed by atoms with Gasteiger partial charge in [-0.25, -0.2) is 4.98 Å². The predicted octanol–water partition coefficient (Wildman–Crippen LogP) is 3.51. The number of carboxylic acid groups (broad SMARTS) is 1. The van der Waals surface area contributed by atoms with Gasteiger partial charge >= 0.3 is 5.97 Å². The van der Waals surface area contributed by atoms with Gasteiger partial charge in [0.05, 0.1) is 29.8 Å². The van der Waals surface area contributed by atoms with Crippen LogP contribution in [0.3, 0.4) is 0 Å². The highest BCUT2D eigenvalue weighted by molar-refractivity contribution is 8.26. The minimum Gasteiger partial charge on any atom is -0.497 e. The van der Waals surface area contributed by atoms with E-state index in [9.17, 15) is 14.4 Å². The summed E-state index contributed by atoms with van der Waals surface area (Å²) in [6.45, 7) is 1.47. The third kappa shape index (κ3) is 4.86. The van der Waals surface area contributed by atoms with E-state index in [4.69, 9.17) is 22.1 Å². The van der Waals surface area contributed by atoms with Crippen molar-refractivity contribution >= 4 is 74.3 Å². The largest absolute Gasteiger partial charge is 0.497 e. The molecule has 8 nitrogen and oxygen atoms in total. The first kappa shape index (κ1) is 21.9. The van der Waals surface area contributed by atoms with Gasteiger partial charge in [0, 0.05) is 18.8 Å². The summed E-state index contributed by atoms with van der Waals surface area (Å²) in [6, 6.07) is 7.02. The summed E-state index contributed by atoms with van der Waals surface area (Å²) in [7, 11) is 1.56. The Morgan fingerprint density at radius 3 is 2.63 bits per heavy atom. The lowest BCUT2D eigenvalue weighted by Gasteiger charge is -2.18. The number of hydrogen-bond acceptors (Lipinski definition) is 8. The molecular formula is C19H17N3O5S3. The van der Waals surface area contributed by atoms with Crippen molar-refractivity contribution in [2.75, 3.05) is 18.6 Å². The summed E-state index contributed by atoms with van der Waals surface area (Å²) < 4.78 is 5.46. The fourth-order valence-corrected chi connectivity index (χ4v) is 4.78. The standard InChI is InChI=1S/C19H17N3O5S3/c1-11(23)22(13-3-5-14(27-2)6-4-13)18-20-12(10-29-18)9-15-17(26)21(19(28)30-15)8-7-16(24)25/h3-6,9-10H,7-8H2,1-2H3,(H,24,25)/b15-9+. The Labute approximate surface area is 186 Å². The molecular weight excluding hydrogens is 446 g/mol. The quantitative estimate of drug-likeness (QED) is 0.492. The van der Waals surface area contributed by atoms with Crippen molar-refractivity contribution < 1.29 is 24.2 Å². The smallest absolute Gasteiger partial charge is 0.305 e. The van der Waals surface area contributed by atoms with Gasteiger partial charge in [-0.15, -0.1) is 11.3 Å². The molecule has 0 saturated carbocycles. The van der Waals surface area contributed by atoms with Crippen molar-refractivity contribution in [2.45, 2.75) is 13.3 Å². The summed E-state index contributed by atoms with van der Waals surface area (Å²) >= 11 is 7.54. The van der Waals surface area contributed by atoms with Crippen molar-refractivity contribution in [2.24, 2.45) is 0 Å². The summed E-state index contributed by atoms with van der Waals surface area (Å²) in [5.41, 5.74) is 1.15. The molecule has 1 fully saturated rings. The molecule has 11 heteroatoms. The average molecular weight is 464 g/mol. The number of thioether (sulfide) groups is 1. The van der Waals surface area contributed by atoms with Gasteiger partial charge in [-0.05, 0) is 30.3 Å². The Morgan fingerprint density at radius 1 is 1.33 bits per heavy atom. The van der Waals surface area contributed by atoms with E-state index in [1.165, 1.54) is 28.1 Å². The Morgan fingerprint density at radius 2 is 2.03 bits per heavy atom. The van der Waals surface area contributed by atoms with Crippen molar-refractivity contribution in [3.63, 3.8) is 0 Å². The van der Waals surface area contributed by atoms with E-state index in [0.717, 1.165) is 11.8 Å². The number of carbonyl (C=O) groups is 3. The van der Waals surface area contributed by atoms with Crippen molar-refractivity contribution in [1.82, 2.24) is 9.88 Å². The fourth-order valence-electron chi connectivity index (χ4n) is 2.64. The Hall–Kier alpha value is -2.76. The first-order chi connectivity index (χ1) is 14.3. The Bertz CT molecular complexity index is 1030. The van der Waals surface area contributed by atoms with Gasteiger partial charge < -0.3 is 9.84 Å². The molecule has 1 saturated heterocycles. The molecule has 1 aliphatic rings. The molecule has 0 radical (unpaired) electrons. The number of anilines is 2. The van der Waals surface area contributed by atoms with Crippen LogP contribution < -0.4 is 9.64 Å². The van der Waals surface area contributed by atoms with Gasteiger partial charge in [0.15, 0.2) is 5.13 Å². The van der Waals surface area contributed by atoms with E-state index in [2.05, 4.69) is 4.98 Å². The van der Waals surface area contributed by atoms with Gasteiger partial charge in [-0.2, -0.15) is 0 Å². The number of nitrogens with zero attached hydrogens (tertiary/aromatic N) is 3. The molecule has 1 N–H and O–H groups in total. The van der Waals surface area contributed by atoms with E-state index in [0.29, 0.717) is 31.5 Å². The molecule has 1 aromatic heterocycles. The maximum Gasteiger partial charge on any atom is 0.305 e. The number of methoxy groups -OCH3 is 1. The lowest BCUT2D eigenvalue weighted by Crippen LogP contribution is -2.30. The van der Waals surface area contributed by atoms with E-state index >= 15 is 0 Å². The molecule has 1 aromatic carbocycles. The summed E-state index contributed by atoms with van der Waals surface area (Å²) in [5, 5.41) is 11.0. The van der Waals surface area contributed by atoms with Crippen LogP contribution in [-0.2, 0) is 14.4 Å². The second-order valence-electron chi connectivity index (χ2n) is 6.08. The topological polar surface area (TPSA) is 100 Å². The minimum absolute atomic E-state index is 0.0231. The molecule has 3 rings (SSSR count). The zero-order valence-electron chi connectivity index (χ0n) is 16.0. The van der Waals surface area contributed by atoms with Gasteiger partial charge in [-0.3, -0.25) is 24.2 Å². The van der Waals surface area contributed by atoms with Gasteiger partial charge in [0.25, 0.3) is 5.91 Å². The van der Waals surface area contributed by atoms with Crippen LogP contribution in [0.1, 0.15) is 19.0 Å². The monoisotopic (exact) mass is 463 g/mol. The second-order valence-corrected chi connectivity index (χ2v) is 8.60. The average Bonchev–Trinajstić information content (AvgIpc) is 3.25.